The highest BCUT2D eigenvalue weighted by Crippen LogP contribution is 2.05. The van der Waals surface area contributed by atoms with E-state index in [1.165, 1.54) is 0 Å². The van der Waals surface area contributed by atoms with Gasteiger partial charge in [-0.05, 0) is 18.6 Å². The van der Waals surface area contributed by atoms with E-state index in [2.05, 4.69) is 4.90 Å². The highest BCUT2D eigenvalue weighted by atomic mass is 16.5. The lowest BCUT2D eigenvalue weighted by molar-refractivity contribution is 0.132. The normalized spacial score (nSPS) is 11.1. The Bertz CT molecular complexity index is 228. The van der Waals surface area contributed by atoms with Gasteiger partial charge < -0.3 is 14.3 Å². The van der Waals surface area contributed by atoms with Crippen molar-refractivity contribution in [3.05, 3.63) is 24.2 Å². The molecule has 0 aromatic carbocycles. The van der Waals surface area contributed by atoms with Gasteiger partial charge in [0.2, 0.25) is 0 Å². The number of nitrogens with zero attached hydrogens (tertiary/aromatic N) is 1. The first-order valence-electron chi connectivity index (χ1n) is 5.21. The summed E-state index contributed by atoms with van der Waals surface area (Å²) in [6.45, 7) is 3.42. The minimum atomic E-state index is 0.224. The van der Waals surface area contributed by atoms with Crippen LogP contribution in [0.15, 0.2) is 22.8 Å². The maximum atomic E-state index is 8.79. The summed E-state index contributed by atoms with van der Waals surface area (Å²) in [5.41, 5.74) is 0. The van der Waals surface area contributed by atoms with E-state index in [1.54, 1.807) is 13.4 Å². The Hall–Kier alpha value is -0.840. The number of furan rings is 1. The monoisotopic (exact) mass is 213 g/mol. The highest BCUT2D eigenvalue weighted by molar-refractivity contribution is 4.97. The van der Waals surface area contributed by atoms with Crippen LogP contribution in [0.3, 0.4) is 0 Å². The topological polar surface area (TPSA) is 45.8 Å². The molecule has 0 amide bonds. The van der Waals surface area contributed by atoms with Gasteiger partial charge in [0, 0.05) is 26.8 Å². The summed E-state index contributed by atoms with van der Waals surface area (Å²) in [7, 11) is 1.69. The van der Waals surface area contributed by atoms with Gasteiger partial charge in [0.1, 0.15) is 5.76 Å². The molecule has 1 aromatic heterocycles. The van der Waals surface area contributed by atoms with Gasteiger partial charge in [-0.2, -0.15) is 0 Å². The minimum absolute atomic E-state index is 0.224. The van der Waals surface area contributed by atoms with E-state index in [0.29, 0.717) is 6.61 Å². The van der Waals surface area contributed by atoms with Crippen molar-refractivity contribution in [3.8, 4) is 0 Å². The number of hydrogen-bond donors (Lipinski definition) is 1. The maximum Gasteiger partial charge on any atom is 0.117 e. The number of aliphatic hydroxyl groups is 1. The Balaban J connectivity index is 2.33. The summed E-state index contributed by atoms with van der Waals surface area (Å²) >= 11 is 0. The molecule has 4 heteroatoms. The summed E-state index contributed by atoms with van der Waals surface area (Å²) in [6, 6.07) is 3.84. The van der Waals surface area contributed by atoms with Crippen LogP contribution in [0.25, 0.3) is 0 Å². The second-order valence-electron chi connectivity index (χ2n) is 3.43. The van der Waals surface area contributed by atoms with Crippen LogP contribution in [0.1, 0.15) is 12.2 Å². The van der Waals surface area contributed by atoms with Gasteiger partial charge in [-0.3, -0.25) is 4.90 Å². The first-order chi connectivity index (χ1) is 7.36. The van der Waals surface area contributed by atoms with Crippen LogP contribution in [0.2, 0.25) is 0 Å². The first-order valence-corrected chi connectivity index (χ1v) is 5.21. The molecule has 0 aliphatic heterocycles. The van der Waals surface area contributed by atoms with Gasteiger partial charge in [0.15, 0.2) is 0 Å². The molecular formula is C11H19NO3. The lowest BCUT2D eigenvalue weighted by Crippen LogP contribution is -2.28. The maximum absolute atomic E-state index is 8.79. The first kappa shape index (κ1) is 12.2. The zero-order valence-corrected chi connectivity index (χ0v) is 9.19. The number of ether oxygens (including phenoxy) is 1. The Morgan fingerprint density at radius 2 is 2.33 bits per heavy atom. The van der Waals surface area contributed by atoms with Crippen LogP contribution >= 0.6 is 0 Å². The molecule has 1 heterocycles. The van der Waals surface area contributed by atoms with Crippen LogP contribution in [-0.4, -0.2) is 43.4 Å². The van der Waals surface area contributed by atoms with Gasteiger partial charge in [-0.1, -0.05) is 0 Å². The van der Waals surface area contributed by atoms with Crippen LogP contribution in [0.4, 0.5) is 0 Å². The van der Waals surface area contributed by atoms with Crippen molar-refractivity contribution in [2.45, 2.75) is 13.0 Å². The smallest absolute Gasteiger partial charge is 0.117 e. The summed E-state index contributed by atoms with van der Waals surface area (Å²) in [4.78, 5) is 2.21. The molecule has 0 radical (unpaired) electrons. The van der Waals surface area contributed by atoms with E-state index in [0.717, 1.165) is 31.8 Å². The fraction of sp³-hybridized carbons (Fsp3) is 0.636. The van der Waals surface area contributed by atoms with Gasteiger partial charge >= 0.3 is 0 Å². The predicted molar refractivity (Wildman–Crippen MR) is 57.6 cm³/mol. The Labute approximate surface area is 90.4 Å². The molecule has 1 N–H and O–H groups in total. The van der Waals surface area contributed by atoms with Crippen molar-refractivity contribution in [1.82, 2.24) is 4.90 Å². The number of aliphatic hydroxyl groups excluding tert-OH is 1. The molecule has 0 aliphatic carbocycles. The second kappa shape index (κ2) is 7.45. The van der Waals surface area contributed by atoms with E-state index >= 15 is 0 Å². The van der Waals surface area contributed by atoms with Crippen molar-refractivity contribution in [2.24, 2.45) is 0 Å². The quantitative estimate of drug-likeness (QED) is 0.702. The number of rotatable bonds is 8. The predicted octanol–water partition coefficient (Wildman–Crippen LogP) is 1.11. The van der Waals surface area contributed by atoms with Crippen molar-refractivity contribution >= 4 is 0 Å². The van der Waals surface area contributed by atoms with Crippen molar-refractivity contribution in [3.63, 3.8) is 0 Å². The second-order valence-corrected chi connectivity index (χ2v) is 3.43. The third kappa shape index (κ3) is 4.97. The van der Waals surface area contributed by atoms with Gasteiger partial charge in [0.05, 0.1) is 19.4 Å². The molecule has 0 unspecified atom stereocenters. The van der Waals surface area contributed by atoms with E-state index in [4.69, 9.17) is 14.3 Å². The number of methoxy groups -OCH3 is 1. The zero-order chi connectivity index (χ0) is 10.9. The van der Waals surface area contributed by atoms with Crippen LogP contribution in [-0.2, 0) is 11.3 Å². The van der Waals surface area contributed by atoms with Crippen molar-refractivity contribution in [2.75, 3.05) is 33.4 Å². The Morgan fingerprint density at radius 3 is 2.93 bits per heavy atom. The lowest BCUT2D eigenvalue weighted by Gasteiger charge is -2.20. The lowest BCUT2D eigenvalue weighted by atomic mass is 10.3. The minimum Gasteiger partial charge on any atom is -0.468 e. The molecule has 0 atom stereocenters. The third-order valence-corrected chi connectivity index (χ3v) is 2.20. The molecule has 1 rings (SSSR count). The van der Waals surface area contributed by atoms with Gasteiger partial charge in [-0.25, -0.2) is 0 Å². The third-order valence-electron chi connectivity index (χ3n) is 2.20. The number of hydrogen-bond acceptors (Lipinski definition) is 4. The van der Waals surface area contributed by atoms with Crippen molar-refractivity contribution in [1.29, 1.82) is 0 Å². The van der Waals surface area contributed by atoms with Crippen LogP contribution < -0.4 is 0 Å². The fourth-order valence-corrected chi connectivity index (χ4v) is 1.41. The van der Waals surface area contributed by atoms with Crippen LogP contribution in [0, 0.1) is 0 Å². The molecular weight excluding hydrogens is 194 g/mol. The fourth-order valence-electron chi connectivity index (χ4n) is 1.41. The average molecular weight is 213 g/mol. The molecule has 4 nitrogen and oxygen atoms in total. The van der Waals surface area contributed by atoms with Gasteiger partial charge in [-0.15, -0.1) is 0 Å². The van der Waals surface area contributed by atoms with Crippen LogP contribution in [0.5, 0.6) is 0 Å². The molecule has 0 aliphatic rings. The average Bonchev–Trinajstić information content (AvgIpc) is 2.74. The van der Waals surface area contributed by atoms with E-state index < -0.39 is 0 Å². The summed E-state index contributed by atoms with van der Waals surface area (Å²) in [6.07, 6.45) is 2.46. The van der Waals surface area contributed by atoms with E-state index in [9.17, 15) is 0 Å². The molecule has 0 saturated carbocycles. The Kier molecular flexibility index (Phi) is 6.08. The molecule has 15 heavy (non-hydrogen) atoms. The van der Waals surface area contributed by atoms with Gasteiger partial charge in [0.25, 0.3) is 0 Å². The van der Waals surface area contributed by atoms with E-state index in [1.807, 2.05) is 12.1 Å². The molecule has 86 valence electrons. The molecule has 0 spiro atoms. The van der Waals surface area contributed by atoms with Crippen molar-refractivity contribution < 1.29 is 14.3 Å². The Morgan fingerprint density at radius 1 is 1.47 bits per heavy atom. The molecule has 0 fully saturated rings. The standard InChI is InChI=1S/C11H19NO3/c1-14-9-6-12(5-3-7-13)10-11-4-2-8-15-11/h2,4,8,13H,3,5-7,9-10H2,1H3. The molecule has 0 saturated heterocycles. The highest BCUT2D eigenvalue weighted by Gasteiger charge is 2.06. The summed E-state index contributed by atoms with van der Waals surface area (Å²) < 4.78 is 10.3. The summed E-state index contributed by atoms with van der Waals surface area (Å²) in [5.74, 6) is 0.948. The summed E-state index contributed by atoms with van der Waals surface area (Å²) in [5, 5.41) is 8.79. The zero-order valence-electron chi connectivity index (χ0n) is 9.19. The van der Waals surface area contributed by atoms with E-state index in [-0.39, 0.29) is 6.61 Å². The SMILES string of the molecule is COCCN(CCCO)Cc1ccco1. The molecule has 1 aromatic rings. The molecule has 0 bridgehead atoms. The largest absolute Gasteiger partial charge is 0.468 e.